The number of para-hydroxylation sites is 1. The topological polar surface area (TPSA) is 66.0 Å². The SMILES string of the molecule is COc1ccccc1-c1nc(CSc2nnc(-c3ccoc3C)n2Cc2ccccc2)cs1. The molecule has 0 bridgehead atoms. The summed E-state index contributed by atoms with van der Waals surface area (Å²) in [6, 6.07) is 20.2. The second kappa shape index (κ2) is 9.64. The molecule has 0 aliphatic carbocycles. The van der Waals surface area contributed by atoms with Gasteiger partial charge in [0.25, 0.3) is 0 Å². The van der Waals surface area contributed by atoms with Gasteiger partial charge in [-0.1, -0.05) is 54.2 Å². The summed E-state index contributed by atoms with van der Waals surface area (Å²) in [4.78, 5) is 4.83. The summed E-state index contributed by atoms with van der Waals surface area (Å²) in [6.45, 7) is 2.62. The predicted octanol–water partition coefficient (Wildman–Crippen LogP) is 6.32. The van der Waals surface area contributed by atoms with Gasteiger partial charge in [-0.05, 0) is 30.7 Å². The van der Waals surface area contributed by atoms with Gasteiger partial charge in [-0.3, -0.25) is 4.57 Å². The summed E-state index contributed by atoms with van der Waals surface area (Å²) >= 11 is 3.25. The summed E-state index contributed by atoms with van der Waals surface area (Å²) in [5, 5.41) is 12.9. The average molecular weight is 475 g/mol. The van der Waals surface area contributed by atoms with Crippen LogP contribution in [0.3, 0.4) is 0 Å². The van der Waals surface area contributed by atoms with Crippen molar-refractivity contribution in [3.05, 3.63) is 89.3 Å². The molecule has 0 saturated heterocycles. The third-order valence-electron chi connectivity index (χ3n) is 5.24. The van der Waals surface area contributed by atoms with Crippen LogP contribution >= 0.6 is 23.1 Å². The molecule has 0 amide bonds. The number of ether oxygens (including phenoxy) is 1. The van der Waals surface area contributed by atoms with E-state index in [2.05, 4.69) is 32.3 Å². The lowest BCUT2D eigenvalue weighted by Gasteiger charge is -2.10. The van der Waals surface area contributed by atoms with Crippen molar-refractivity contribution in [1.29, 1.82) is 0 Å². The summed E-state index contributed by atoms with van der Waals surface area (Å²) in [6.07, 6.45) is 1.69. The van der Waals surface area contributed by atoms with E-state index in [1.54, 1.807) is 36.5 Å². The third kappa shape index (κ3) is 4.58. The van der Waals surface area contributed by atoms with Crippen molar-refractivity contribution in [2.45, 2.75) is 24.4 Å². The summed E-state index contributed by atoms with van der Waals surface area (Å²) < 4.78 is 13.2. The zero-order valence-electron chi connectivity index (χ0n) is 18.3. The molecule has 0 N–H and O–H groups in total. The number of methoxy groups -OCH3 is 1. The molecule has 0 atom stereocenters. The van der Waals surface area contributed by atoms with Gasteiger partial charge in [0.15, 0.2) is 11.0 Å². The summed E-state index contributed by atoms with van der Waals surface area (Å²) in [5.41, 5.74) is 4.15. The fraction of sp³-hybridized carbons (Fsp3) is 0.160. The van der Waals surface area contributed by atoms with E-state index < -0.39 is 0 Å². The van der Waals surface area contributed by atoms with Crippen LogP contribution in [-0.4, -0.2) is 26.9 Å². The van der Waals surface area contributed by atoms with E-state index in [1.807, 2.05) is 55.5 Å². The van der Waals surface area contributed by atoms with Gasteiger partial charge in [0.05, 0.1) is 36.7 Å². The van der Waals surface area contributed by atoms with Crippen LogP contribution in [-0.2, 0) is 12.3 Å². The Balaban J connectivity index is 1.40. The molecule has 33 heavy (non-hydrogen) atoms. The van der Waals surface area contributed by atoms with Crippen molar-refractivity contribution in [2.24, 2.45) is 0 Å². The molecule has 166 valence electrons. The molecule has 0 saturated carbocycles. The van der Waals surface area contributed by atoms with Crippen LogP contribution in [0.5, 0.6) is 5.75 Å². The lowest BCUT2D eigenvalue weighted by atomic mass is 10.2. The van der Waals surface area contributed by atoms with Crippen molar-refractivity contribution in [3.63, 3.8) is 0 Å². The first kappa shape index (κ1) is 21.5. The minimum atomic E-state index is 0.680. The Bertz CT molecular complexity index is 1360. The van der Waals surface area contributed by atoms with Crippen LogP contribution < -0.4 is 4.74 Å². The van der Waals surface area contributed by atoms with Gasteiger partial charge in [0.2, 0.25) is 0 Å². The van der Waals surface area contributed by atoms with Crippen molar-refractivity contribution in [2.75, 3.05) is 7.11 Å². The highest BCUT2D eigenvalue weighted by atomic mass is 32.2. The maximum atomic E-state index is 5.52. The van der Waals surface area contributed by atoms with Crippen molar-refractivity contribution < 1.29 is 9.15 Å². The van der Waals surface area contributed by atoms with Gasteiger partial charge in [0.1, 0.15) is 16.5 Å². The zero-order chi connectivity index (χ0) is 22.6. The second-order valence-electron chi connectivity index (χ2n) is 7.40. The molecule has 5 aromatic rings. The van der Waals surface area contributed by atoms with E-state index in [-0.39, 0.29) is 0 Å². The van der Waals surface area contributed by atoms with Gasteiger partial charge < -0.3 is 9.15 Å². The van der Waals surface area contributed by atoms with E-state index in [4.69, 9.17) is 14.1 Å². The van der Waals surface area contributed by atoms with Crippen LogP contribution in [0.25, 0.3) is 22.0 Å². The number of nitrogens with zero attached hydrogens (tertiary/aromatic N) is 4. The van der Waals surface area contributed by atoms with Crippen LogP contribution in [0, 0.1) is 6.92 Å². The highest BCUT2D eigenvalue weighted by molar-refractivity contribution is 7.98. The number of furan rings is 1. The Kier molecular flexibility index (Phi) is 6.28. The molecular formula is C25H22N4O2S2. The predicted molar refractivity (Wildman–Crippen MR) is 132 cm³/mol. The Hall–Kier alpha value is -3.36. The fourth-order valence-corrected chi connectivity index (χ4v) is 5.36. The van der Waals surface area contributed by atoms with Crippen molar-refractivity contribution >= 4 is 23.1 Å². The minimum Gasteiger partial charge on any atom is -0.496 e. The number of aromatic nitrogens is 4. The normalized spacial score (nSPS) is 11.1. The Labute approximate surface area is 200 Å². The maximum absolute atomic E-state index is 5.52. The van der Waals surface area contributed by atoms with E-state index in [0.717, 1.165) is 44.3 Å². The number of hydrogen-bond acceptors (Lipinski definition) is 7. The molecule has 0 radical (unpaired) electrons. The molecule has 3 heterocycles. The quantitative estimate of drug-likeness (QED) is 0.245. The first-order valence-corrected chi connectivity index (χ1v) is 12.3. The lowest BCUT2D eigenvalue weighted by molar-refractivity contribution is 0.416. The van der Waals surface area contributed by atoms with Crippen molar-refractivity contribution in [1.82, 2.24) is 19.7 Å². The Morgan fingerprint density at radius 1 is 1.00 bits per heavy atom. The number of thioether (sulfide) groups is 1. The van der Waals surface area contributed by atoms with E-state index in [1.165, 1.54) is 5.56 Å². The standard InChI is InChI=1S/C25H22N4O2S2/c1-17-20(12-13-31-17)23-27-28-25(29(23)14-18-8-4-3-5-9-18)33-16-19-15-32-24(26-19)21-10-6-7-11-22(21)30-2/h3-13,15H,14,16H2,1-2H3. The molecule has 0 spiro atoms. The van der Waals surface area contributed by atoms with E-state index in [9.17, 15) is 0 Å². The molecule has 0 aliphatic heterocycles. The molecule has 2 aromatic carbocycles. The molecule has 0 unspecified atom stereocenters. The van der Waals surface area contributed by atoms with Gasteiger partial charge in [0, 0.05) is 11.1 Å². The molecule has 0 fully saturated rings. The molecule has 3 aromatic heterocycles. The van der Waals surface area contributed by atoms with Gasteiger partial charge >= 0.3 is 0 Å². The van der Waals surface area contributed by atoms with Gasteiger partial charge in [-0.2, -0.15) is 0 Å². The monoisotopic (exact) mass is 474 g/mol. The van der Waals surface area contributed by atoms with Crippen LogP contribution in [0.2, 0.25) is 0 Å². The minimum absolute atomic E-state index is 0.680. The molecular weight excluding hydrogens is 452 g/mol. The summed E-state index contributed by atoms with van der Waals surface area (Å²) in [5.74, 6) is 3.16. The molecule has 5 rings (SSSR count). The van der Waals surface area contributed by atoms with Crippen LogP contribution in [0.15, 0.2) is 81.9 Å². The van der Waals surface area contributed by atoms with Crippen LogP contribution in [0.1, 0.15) is 17.0 Å². The fourth-order valence-electron chi connectivity index (χ4n) is 3.58. The lowest BCUT2D eigenvalue weighted by Crippen LogP contribution is -2.04. The van der Waals surface area contributed by atoms with Gasteiger partial charge in [-0.25, -0.2) is 4.98 Å². The van der Waals surface area contributed by atoms with Gasteiger partial charge in [-0.15, -0.1) is 21.5 Å². The highest BCUT2D eigenvalue weighted by Crippen LogP contribution is 2.34. The third-order valence-corrected chi connectivity index (χ3v) is 7.16. The first-order valence-electron chi connectivity index (χ1n) is 10.4. The van der Waals surface area contributed by atoms with Crippen LogP contribution in [0.4, 0.5) is 0 Å². The highest BCUT2D eigenvalue weighted by Gasteiger charge is 2.18. The zero-order valence-corrected chi connectivity index (χ0v) is 19.9. The van der Waals surface area contributed by atoms with Crippen molar-refractivity contribution in [3.8, 4) is 27.7 Å². The number of thiazole rings is 1. The smallest absolute Gasteiger partial charge is 0.192 e. The molecule has 6 nitrogen and oxygen atoms in total. The number of rotatable bonds is 8. The molecule has 0 aliphatic rings. The van der Waals surface area contributed by atoms with E-state index >= 15 is 0 Å². The largest absolute Gasteiger partial charge is 0.496 e. The summed E-state index contributed by atoms with van der Waals surface area (Å²) in [7, 11) is 1.68. The second-order valence-corrected chi connectivity index (χ2v) is 9.20. The average Bonchev–Trinajstić information content (AvgIpc) is 3.58. The number of benzene rings is 2. The first-order chi connectivity index (χ1) is 16.2. The maximum Gasteiger partial charge on any atom is 0.192 e. The Morgan fingerprint density at radius 2 is 1.82 bits per heavy atom. The number of aryl methyl sites for hydroxylation is 1. The van der Waals surface area contributed by atoms with E-state index in [0.29, 0.717) is 12.3 Å². The Morgan fingerprint density at radius 3 is 2.61 bits per heavy atom. The number of hydrogen-bond donors (Lipinski definition) is 0. The molecule has 8 heteroatoms.